The molecule has 2 aromatic carbocycles. The van der Waals surface area contributed by atoms with Crippen LogP contribution in [-0.2, 0) is 16.0 Å². The van der Waals surface area contributed by atoms with Gasteiger partial charge in [0.25, 0.3) is 0 Å². The summed E-state index contributed by atoms with van der Waals surface area (Å²) in [6.07, 6.45) is 0.556. The second kappa shape index (κ2) is 6.37. The molecule has 0 spiro atoms. The maximum Gasteiger partial charge on any atom is 0.323 e. The highest BCUT2D eigenvalue weighted by Crippen LogP contribution is 2.39. The third kappa shape index (κ3) is 2.71. The molecule has 1 aliphatic rings. The fourth-order valence-corrected chi connectivity index (χ4v) is 3.93. The molecule has 0 saturated heterocycles. The van der Waals surface area contributed by atoms with Crippen LogP contribution in [0.1, 0.15) is 22.9 Å². The zero-order chi connectivity index (χ0) is 17.6. The third-order valence-corrected chi connectivity index (χ3v) is 5.52. The molecule has 3 aromatic rings. The molecule has 1 aromatic heterocycles. The van der Waals surface area contributed by atoms with Gasteiger partial charge in [-0.1, -0.05) is 53.5 Å². The molecule has 4 rings (SSSR count). The van der Waals surface area contributed by atoms with Crippen LogP contribution in [0.5, 0.6) is 0 Å². The number of H-pyrrole nitrogens is 1. The van der Waals surface area contributed by atoms with Crippen LogP contribution in [0.4, 0.5) is 0 Å². The zero-order valence-corrected chi connectivity index (χ0v) is 15.0. The second-order valence-electron chi connectivity index (χ2n) is 6.09. The van der Waals surface area contributed by atoms with Gasteiger partial charge in [0.15, 0.2) is 0 Å². The van der Waals surface area contributed by atoms with Gasteiger partial charge in [-0.05, 0) is 23.3 Å². The zero-order valence-electron chi connectivity index (χ0n) is 13.5. The summed E-state index contributed by atoms with van der Waals surface area (Å²) < 4.78 is 4.96. The van der Waals surface area contributed by atoms with Gasteiger partial charge in [0.1, 0.15) is 6.04 Å². The fraction of sp³-hybridized carbons (Fsp3) is 0.211. The van der Waals surface area contributed by atoms with Crippen molar-refractivity contribution in [3.05, 3.63) is 69.3 Å². The van der Waals surface area contributed by atoms with E-state index in [9.17, 15) is 4.79 Å². The van der Waals surface area contributed by atoms with E-state index in [1.54, 1.807) is 6.07 Å². The number of carbonyl (C=O) groups is 1. The molecular formula is C19H16Cl2N2O2. The Morgan fingerprint density at radius 1 is 1.16 bits per heavy atom. The van der Waals surface area contributed by atoms with E-state index in [0.717, 1.165) is 27.7 Å². The van der Waals surface area contributed by atoms with Gasteiger partial charge in [-0.25, -0.2) is 0 Å². The Kier molecular flexibility index (Phi) is 4.20. The molecular weight excluding hydrogens is 359 g/mol. The first kappa shape index (κ1) is 16.5. The van der Waals surface area contributed by atoms with E-state index in [-0.39, 0.29) is 12.0 Å². The Bertz CT molecular complexity index is 967. The quantitative estimate of drug-likeness (QED) is 0.659. The van der Waals surface area contributed by atoms with Crippen LogP contribution in [0.3, 0.4) is 0 Å². The molecule has 0 saturated carbocycles. The van der Waals surface area contributed by atoms with Gasteiger partial charge in [-0.2, -0.15) is 0 Å². The summed E-state index contributed by atoms with van der Waals surface area (Å²) >= 11 is 12.7. The third-order valence-electron chi connectivity index (χ3n) is 4.69. The standard InChI is InChI=1S/C19H16Cl2N2O2/c1-25-19(24)15-9-12-10-5-2-3-8-14(10)22-18(12)17(23-15)11-6-4-7-13(20)16(11)21/h2-8,15,17,22-23H,9H2,1H3/t15-,17+/m1/s1. The maximum atomic E-state index is 12.2. The van der Waals surface area contributed by atoms with Gasteiger partial charge in [0.05, 0.1) is 23.2 Å². The number of nitrogens with one attached hydrogen (secondary N) is 2. The fourth-order valence-electron chi connectivity index (χ4n) is 3.52. The lowest BCUT2D eigenvalue weighted by Crippen LogP contribution is -2.45. The van der Waals surface area contributed by atoms with Crippen molar-refractivity contribution >= 4 is 40.1 Å². The molecule has 2 atom stereocenters. The highest BCUT2D eigenvalue weighted by Gasteiger charge is 2.35. The van der Waals surface area contributed by atoms with E-state index in [4.69, 9.17) is 27.9 Å². The summed E-state index contributed by atoms with van der Waals surface area (Å²) in [6, 6.07) is 12.9. The molecule has 0 bridgehead atoms. The van der Waals surface area contributed by atoms with Crippen LogP contribution >= 0.6 is 23.2 Å². The summed E-state index contributed by atoms with van der Waals surface area (Å²) in [6.45, 7) is 0. The van der Waals surface area contributed by atoms with Gasteiger partial charge in [-0.15, -0.1) is 0 Å². The number of aromatic nitrogens is 1. The number of methoxy groups -OCH3 is 1. The number of hydrogen-bond acceptors (Lipinski definition) is 3. The van der Waals surface area contributed by atoms with Gasteiger partial charge in [0, 0.05) is 23.0 Å². The molecule has 0 amide bonds. The van der Waals surface area contributed by atoms with Crippen LogP contribution in [0.2, 0.25) is 10.0 Å². The van der Waals surface area contributed by atoms with Crippen molar-refractivity contribution in [3.63, 3.8) is 0 Å². The van der Waals surface area contributed by atoms with E-state index in [2.05, 4.69) is 16.4 Å². The van der Waals surface area contributed by atoms with Gasteiger partial charge < -0.3 is 9.72 Å². The Morgan fingerprint density at radius 2 is 1.96 bits per heavy atom. The minimum atomic E-state index is -0.447. The molecule has 0 unspecified atom stereocenters. The molecule has 128 valence electrons. The van der Waals surface area contributed by atoms with Crippen molar-refractivity contribution in [1.29, 1.82) is 0 Å². The minimum absolute atomic E-state index is 0.272. The molecule has 25 heavy (non-hydrogen) atoms. The topological polar surface area (TPSA) is 54.1 Å². The van der Waals surface area contributed by atoms with Crippen LogP contribution in [-0.4, -0.2) is 24.1 Å². The maximum absolute atomic E-state index is 12.2. The van der Waals surface area contributed by atoms with E-state index < -0.39 is 6.04 Å². The number of ether oxygens (including phenoxy) is 1. The normalized spacial score (nSPS) is 19.6. The summed E-state index contributed by atoms with van der Waals surface area (Å²) in [5.74, 6) is -0.293. The number of benzene rings is 2. The summed E-state index contributed by atoms with van der Waals surface area (Å²) in [5.41, 5.74) is 3.97. The molecule has 4 nitrogen and oxygen atoms in total. The average molecular weight is 375 g/mol. The van der Waals surface area contributed by atoms with Crippen LogP contribution in [0, 0.1) is 0 Å². The van der Waals surface area contributed by atoms with Crippen LogP contribution in [0.25, 0.3) is 10.9 Å². The minimum Gasteiger partial charge on any atom is -0.468 e. The highest BCUT2D eigenvalue weighted by molar-refractivity contribution is 6.42. The van der Waals surface area contributed by atoms with E-state index in [0.29, 0.717) is 16.5 Å². The van der Waals surface area contributed by atoms with Gasteiger partial charge in [-0.3, -0.25) is 10.1 Å². The average Bonchev–Trinajstić information content (AvgIpc) is 3.01. The number of para-hydroxylation sites is 1. The lowest BCUT2D eigenvalue weighted by atomic mass is 9.90. The van der Waals surface area contributed by atoms with Crippen molar-refractivity contribution in [2.75, 3.05) is 7.11 Å². The lowest BCUT2D eigenvalue weighted by Gasteiger charge is -2.30. The second-order valence-corrected chi connectivity index (χ2v) is 6.87. The van der Waals surface area contributed by atoms with Crippen molar-refractivity contribution in [2.24, 2.45) is 0 Å². The molecule has 0 aliphatic carbocycles. The number of rotatable bonds is 2. The predicted octanol–water partition coefficient (Wildman–Crippen LogP) is 4.25. The molecule has 0 fully saturated rings. The Labute approximate surface area is 155 Å². The first-order valence-electron chi connectivity index (χ1n) is 7.97. The Hall–Kier alpha value is -2.01. The number of halogens is 2. The van der Waals surface area contributed by atoms with E-state index in [1.807, 2.05) is 30.3 Å². The first-order chi connectivity index (χ1) is 12.1. The number of hydrogen-bond donors (Lipinski definition) is 2. The van der Waals surface area contributed by atoms with Crippen molar-refractivity contribution < 1.29 is 9.53 Å². The summed E-state index contributed by atoms with van der Waals surface area (Å²) in [4.78, 5) is 15.7. The largest absolute Gasteiger partial charge is 0.468 e. The van der Waals surface area contributed by atoms with Gasteiger partial charge in [0.2, 0.25) is 0 Å². The van der Waals surface area contributed by atoms with E-state index >= 15 is 0 Å². The van der Waals surface area contributed by atoms with Crippen molar-refractivity contribution in [3.8, 4) is 0 Å². The van der Waals surface area contributed by atoms with Crippen molar-refractivity contribution in [1.82, 2.24) is 10.3 Å². The lowest BCUT2D eigenvalue weighted by molar-refractivity contribution is -0.143. The molecule has 2 N–H and O–H groups in total. The summed E-state index contributed by atoms with van der Waals surface area (Å²) in [5, 5.41) is 5.43. The number of aromatic amines is 1. The monoisotopic (exact) mass is 374 g/mol. The van der Waals surface area contributed by atoms with Gasteiger partial charge >= 0.3 is 5.97 Å². The SMILES string of the molecule is COC(=O)[C@H]1Cc2c([nH]c3ccccc23)[C@H](c2cccc(Cl)c2Cl)N1. The first-order valence-corrected chi connectivity index (χ1v) is 8.73. The molecule has 6 heteroatoms. The highest BCUT2D eigenvalue weighted by atomic mass is 35.5. The Morgan fingerprint density at radius 3 is 2.76 bits per heavy atom. The van der Waals surface area contributed by atoms with Crippen LogP contribution in [0.15, 0.2) is 42.5 Å². The van der Waals surface area contributed by atoms with Crippen molar-refractivity contribution in [2.45, 2.75) is 18.5 Å². The number of esters is 1. The molecule has 1 aliphatic heterocycles. The summed E-state index contributed by atoms with van der Waals surface area (Å²) in [7, 11) is 1.40. The molecule has 0 radical (unpaired) electrons. The van der Waals surface area contributed by atoms with E-state index in [1.165, 1.54) is 7.11 Å². The number of fused-ring (bicyclic) bond motifs is 3. The molecule has 2 heterocycles. The van der Waals surface area contributed by atoms with Crippen LogP contribution < -0.4 is 5.32 Å². The smallest absolute Gasteiger partial charge is 0.323 e. The number of carbonyl (C=O) groups excluding carboxylic acids is 1. The predicted molar refractivity (Wildman–Crippen MR) is 99.2 cm³/mol. The Balaban J connectivity index is 1.92.